The molecular weight excluding hydrogens is 368 g/mol. The highest BCUT2D eigenvalue weighted by atomic mass is 35.5. The van der Waals surface area contributed by atoms with Crippen LogP contribution in [0.25, 0.3) is 5.57 Å². The summed E-state index contributed by atoms with van der Waals surface area (Å²) in [6, 6.07) is 14.3. The van der Waals surface area contributed by atoms with E-state index in [1.807, 2.05) is 43.9 Å². The van der Waals surface area contributed by atoms with Crippen LogP contribution >= 0.6 is 11.6 Å². The Morgan fingerprint density at radius 2 is 1.54 bits per heavy atom. The first-order chi connectivity index (χ1) is 13.5. The Hall–Kier alpha value is -2.10. The molecule has 0 bridgehead atoms. The van der Waals surface area contributed by atoms with Crippen LogP contribution in [-0.4, -0.2) is 37.0 Å². The number of amides is 1. The lowest BCUT2D eigenvalue weighted by Crippen LogP contribution is -2.30. The van der Waals surface area contributed by atoms with Gasteiger partial charge < -0.3 is 10.2 Å². The van der Waals surface area contributed by atoms with Crippen molar-refractivity contribution in [1.29, 1.82) is 0 Å². The van der Waals surface area contributed by atoms with E-state index in [2.05, 4.69) is 29.6 Å². The van der Waals surface area contributed by atoms with Gasteiger partial charge in [-0.15, -0.1) is 0 Å². The summed E-state index contributed by atoms with van der Waals surface area (Å²) in [6.07, 6.45) is 2.08. The van der Waals surface area contributed by atoms with Crippen LogP contribution in [0.5, 0.6) is 0 Å². The predicted octanol–water partition coefficient (Wildman–Crippen LogP) is 5.32. The van der Waals surface area contributed by atoms with Gasteiger partial charge in [0.05, 0.1) is 0 Å². The molecule has 1 saturated heterocycles. The maximum absolute atomic E-state index is 12.6. The highest BCUT2D eigenvalue weighted by molar-refractivity contribution is 6.31. The van der Waals surface area contributed by atoms with Crippen molar-refractivity contribution < 1.29 is 4.79 Å². The lowest BCUT2D eigenvalue weighted by atomic mass is 9.88. The summed E-state index contributed by atoms with van der Waals surface area (Å²) in [4.78, 5) is 14.5. The van der Waals surface area contributed by atoms with E-state index in [0.717, 1.165) is 60.7 Å². The number of carbonyl (C=O) groups is 1. The van der Waals surface area contributed by atoms with E-state index in [4.69, 9.17) is 11.6 Å². The van der Waals surface area contributed by atoms with Crippen molar-refractivity contribution in [3.8, 4) is 0 Å². The van der Waals surface area contributed by atoms with E-state index in [-0.39, 0.29) is 5.91 Å². The van der Waals surface area contributed by atoms with Crippen molar-refractivity contribution >= 4 is 23.1 Å². The Bertz CT molecular complexity index is 859. The molecule has 3 rings (SSSR count). The molecule has 3 nitrogen and oxygen atoms in total. The molecule has 28 heavy (non-hydrogen) atoms. The van der Waals surface area contributed by atoms with Crippen LogP contribution in [0.3, 0.4) is 0 Å². The summed E-state index contributed by atoms with van der Waals surface area (Å²) in [6.45, 7) is 9.53. The van der Waals surface area contributed by atoms with Crippen LogP contribution in [0, 0.1) is 6.92 Å². The van der Waals surface area contributed by atoms with Gasteiger partial charge in [-0.1, -0.05) is 35.4 Å². The fraction of sp³-hybridized carbons (Fsp3) is 0.375. The molecule has 0 aromatic heterocycles. The molecule has 2 aromatic rings. The molecule has 0 aliphatic carbocycles. The number of nitrogens with zero attached hydrogens (tertiary/aromatic N) is 1. The molecule has 0 radical (unpaired) electrons. The number of hydrogen-bond donors (Lipinski definition) is 1. The SMILES string of the molecule is CCN(CC)C(=O)c1ccc(C(=C2CCNCC2)c2ccc(Cl)c(C)c2)cc1. The van der Waals surface area contributed by atoms with Crippen LogP contribution in [0.4, 0.5) is 0 Å². The summed E-state index contributed by atoms with van der Waals surface area (Å²) < 4.78 is 0. The molecular formula is C24H29ClN2O. The lowest BCUT2D eigenvalue weighted by molar-refractivity contribution is 0.0773. The lowest BCUT2D eigenvalue weighted by Gasteiger charge is -2.22. The van der Waals surface area contributed by atoms with E-state index in [1.165, 1.54) is 16.7 Å². The minimum Gasteiger partial charge on any atom is -0.339 e. The first-order valence-electron chi connectivity index (χ1n) is 10.1. The number of aryl methyl sites for hydroxylation is 1. The first kappa shape index (κ1) is 20.6. The van der Waals surface area contributed by atoms with Gasteiger partial charge in [-0.25, -0.2) is 0 Å². The molecule has 0 unspecified atom stereocenters. The van der Waals surface area contributed by atoms with E-state index >= 15 is 0 Å². The smallest absolute Gasteiger partial charge is 0.253 e. The quantitative estimate of drug-likeness (QED) is 0.742. The van der Waals surface area contributed by atoms with Crippen molar-refractivity contribution in [2.75, 3.05) is 26.2 Å². The number of carbonyl (C=O) groups excluding carboxylic acids is 1. The van der Waals surface area contributed by atoms with Gasteiger partial charge in [-0.05, 0) is 93.2 Å². The fourth-order valence-electron chi connectivity index (χ4n) is 3.83. The van der Waals surface area contributed by atoms with E-state index in [1.54, 1.807) is 0 Å². The first-order valence-corrected chi connectivity index (χ1v) is 10.5. The van der Waals surface area contributed by atoms with Crippen LogP contribution in [0.2, 0.25) is 5.02 Å². The Kier molecular flexibility index (Phi) is 6.93. The highest BCUT2D eigenvalue weighted by Crippen LogP contribution is 2.33. The Morgan fingerprint density at radius 1 is 0.964 bits per heavy atom. The van der Waals surface area contributed by atoms with Gasteiger partial charge in [0.1, 0.15) is 0 Å². The van der Waals surface area contributed by atoms with Crippen molar-refractivity contribution in [2.45, 2.75) is 33.6 Å². The van der Waals surface area contributed by atoms with Crippen LogP contribution in [0.1, 0.15) is 53.7 Å². The average Bonchev–Trinajstić information content (AvgIpc) is 2.73. The van der Waals surface area contributed by atoms with Crippen molar-refractivity contribution in [3.63, 3.8) is 0 Å². The van der Waals surface area contributed by atoms with Gasteiger partial charge in [0.2, 0.25) is 0 Å². The summed E-state index contributed by atoms with van der Waals surface area (Å²) in [5, 5.41) is 4.23. The summed E-state index contributed by atoms with van der Waals surface area (Å²) in [5.74, 6) is 0.0926. The number of piperidine rings is 1. The van der Waals surface area contributed by atoms with Gasteiger partial charge in [-0.2, -0.15) is 0 Å². The number of halogens is 1. The Labute approximate surface area is 173 Å². The molecule has 2 aromatic carbocycles. The largest absolute Gasteiger partial charge is 0.339 e. The molecule has 1 aliphatic rings. The molecule has 1 fully saturated rings. The summed E-state index contributed by atoms with van der Waals surface area (Å²) in [7, 11) is 0. The van der Waals surface area contributed by atoms with Crippen LogP contribution < -0.4 is 5.32 Å². The fourth-order valence-corrected chi connectivity index (χ4v) is 3.94. The number of nitrogens with one attached hydrogen (secondary N) is 1. The van der Waals surface area contributed by atoms with Crippen molar-refractivity contribution in [1.82, 2.24) is 10.2 Å². The standard InChI is InChI=1S/C24H29ClN2O/c1-4-27(5-2)24(28)20-8-6-18(7-9-20)23(19-12-14-26-15-13-19)21-10-11-22(25)17(3)16-21/h6-11,16,26H,4-5,12-15H2,1-3H3. The summed E-state index contributed by atoms with van der Waals surface area (Å²) >= 11 is 6.26. The minimum atomic E-state index is 0.0926. The van der Waals surface area contributed by atoms with E-state index in [9.17, 15) is 4.79 Å². The third kappa shape index (κ3) is 4.48. The van der Waals surface area contributed by atoms with Gasteiger partial charge in [0.15, 0.2) is 0 Å². The second kappa shape index (κ2) is 9.40. The van der Waals surface area contributed by atoms with Crippen molar-refractivity contribution in [2.24, 2.45) is 0 Å². The summed E-state index contributed by atoms with van der Waals surface area (Å²) in [5.41, 5.74) is 6.93. The van der Waals surface area contributed by atoms with Gasteiger partial charge >= 0.3 is 0 Å². The molecule has 0 atom stereocenters. The van der Waals surface area contributed by atoms with Crippen LogP contribution in [0.15, 0.2) is 48.0 Å². The predicted molar refractivity (Wildman–Crippen MR) is 118 cm³/mol. The van der Waals surface area contributed by atoms with Crippen LogP contribution in [-0.2, 0) is 0 Å². The highest BCUT2D eigenvalue weighted by Gasteiger charge is 2.17. The molecule has 1 amide bonds. The zero-order valence-electron chi connectivity index (χ0n) is 17.0. The Morgan fingerprint density at radius 3 is 2.11 bits per heavy atom. The second-order valence-electron chi connectivity index (χ2n) is 7.25. The number of benzene rings is 2. The van der Waals surface area contributed by atoms with Gasteiger partial charge in [0.25, 0.3) is 5.91 Å². The molecule has 0 spiro atoms. The molecule has 4 heteroatoms. The number of hydrogen-bond acceptors (Lipinski definition) is 2. The molecule has 1 heterocycles. The molecule has 0 saturated carbocycles. The molecule has 1 N–H and O–H groups in total. The Balaban J connectivity index is 2.01. The number of rotatable bonds is 5. The molecule has 148 valence electrons. The topological polar surface area (TPSA) is 32.3 Å². The third-order valence-corrected chi connectivity index (χ3v) is 5.90. The zero-order valence-corrected chi connectivity index (χ0v) is 17.8. The second-order valence-corrected chi connectivity index (χ2v) is 7.65. The minimum absolute atomic E-state index is 0.0926. The maximum Gasteiger partial charge on any atom is 0.253 e. The van der Waals surface area contributed by atoms with E-state index < -0.39 is 0 Å². The van der Waals surface area contributed by atoms with E-state index in [0.29, 0.717) is 0 Å². The zero-order chi connectivity index (χ0) is 20.1. The molecule has 1 aliphatic heterocycles. The van der Waals surface area contributed by atoms with Crippen molar-refractivity contribution in [3.05, 3.63) is 75.3 Å². The normalized spacial score (nSPS) is 14.1. The third-order valence-electron chi connectivity index (χ3n) is 5.48. The van der Waals surface area contributed by atoms with Gasteiger partial charge in [0, 0.05) is 23.7 Å². The monoisotopic (exact) mass is 396 g/mol. The van der Waals surface area contributed by atoms with Gasteiger partial charge in [-0.3, -0.25) is 4.79 Å². The maximum atomic E-state index is 12.6. The average molecular weight is 397 g/mol.